The summed E-state index contributed by atoms with van der Waals surface area (Å²) in [5.74, 6) is -0.300. The summed E-state index contributed by atoms with van der Waals surface area (Å²) in [5, 5.41) is 11.9. The van der Waals surface area contributed by atoms with Gasteiger partial charge < -0.3 is 14.4 Å². The SMILES string of the molecule is COc1ccc(-c2nc(C(=O)OCC(=O)N(C)C3(C#N)CCCCC3)cs2)cc1. The number of rotatable bonds is 6. The lowest BCUT2D eigenvalue weighted by atomic mass is 9.81. The first-order valence-electron chi connectivity index (χ1n) is 9.44. The number of likely N-dealkylation sites (N-methyl/N-ethyl adjacent to an activating group) is 1. The van der Waals surface area contributed by atoms with Gasteiger partial charge in [0.15, 0.2) is 12.3 Å². The van der Waals surface area contributed by atoms with Crippen LogP contribution < -0.4 is 4.74 Å². The first-order valence-corrected chi connectivity index (χ1v) is 10.3. The smallest absolute Gasteiger partial charge is 0.358 e. The molecule has 1 amide bonds. The summed E-state index contributed by atoms with van der Waals surface area (Å²) in [4.78, 5) is 30.5. The zero-order valence-electron chi connectivity index (χ0n) is 16.5. The second-order valence-corrected chi connectivity index (χ2v) is 7.86. The lowest BCUT2D eigenvalue weighted by molar-refractivity contribution is -0.138. The number of methoxy groups -OCH3 is 1. The van der Waals surface area contributed by atoms with Crippen molar-refractivity contribution in [3.63, 3.8) is 0 Å². The minimum Gasteiger partial charge on any atom is -0.497 e. The molecular weight excluding hydrogens is 390 g/mol. The Morgan fingerprint density at radius 1 is 1.24 bits per heavy atom. The van der Waals surface area contributed by atoms with Crippen LogP contribution >= 0.6 is 11.3 Å². The van der Waals surface area contributed by atoms with Crippen LogP contribution in [0.4, 0.5) is 0 Å². The number of hydrogen-bond donors (Lipinski definition) is 0. The molecule has 1 saturated carbocycles. The highest BCUT2D eigenvalue weighted by Crippen LogP contribution is 2.32. The Balaban J connectivity index is 1.60. The number of esters is 1. The highest BCUT2D eigenvalue weighted by molar-refractivity contribution is 7.13. The van der Waals surface area contributed by atoms with Gasteiger partial charge in [0.1, 0.15) is 16.3 Å². The van der Waals surface area contributed by atoms with E-state index < -0.39 is 18.1 Å². The summed E-state index contributed by atoms with van der Waals surface area (Å²) < 4.78 is 10.3. The van der Waals surface area contributed by atoms with Crippen molar-refractivity contribution in [2.24, 2.45) is 0 Å². The Morgan fingerprint density at radius 2 is 1.93 bits per heavy atom. The summed E-state index contributed by atoms with van der Waals surface area (Å²) in [5.41, 5.74) is 0.215. The summed E-state index contributed by atoms with van der Waals surface area (Å²) in [6, 6.07) is 9.65. The number of nitrogens with zero attached hydrogens (tertiary/aromatic N) is 3. The van der Waals surface area contributed by atoms with Crippen LogP contribution in [0.1, 0.15) is 42.6 Å². The molecule has 8 heteroatoms. The van der Waals surface area contributed by atoms with E-state index in [0.29, 0.717) is 17.8 Å². The molecule has 0 atom stereocenters. The van der Waals surface area contributed by atoms with E-state index in [-0.39, 0.29) is 11.6 Å². The van der Waals surface area contributed by atoms with Gasteiger partial charge in [0, 0.05) is 18.0 Å². The number of hydrogen-bond acceptors (Lipinski definition) is 7. The number of thiazole rings is 1. The van der Waals surface area contributed by atoms with Crippen LogP contribution in [0.2, 0.25) is 0 Å². The van der Waals surface area contributed by atoms with E-state index in [9.17, 15) is 14.9 Å². The normalized spacial score (nSPS) is 15.2. The maximum absolute atomic E-state index is 12.5. The molecule has 0 saturated heterocycles. The van der Waals surface area contributed by atoms with Gasteiger partial charge in [-0.15, -0.1) is 11.3 Å². The van der Waals surface area contributed by atoms with Gasteiger partial charge in [0.2, 0.25) is 0 Å². The number of amides is 1. The van der Waals surface area contributed by atoms with Crippen molar-refractivity contribution in [1.29, 1.82) is 5.26 Å². The van der Waals surface area contributed by atoms with Crippen LogP contribution in [0.5, 0.6) is 5.75 Å². The highest BCUT2D eigenvalue weighted by Gasteiger charge is 2.39. The van der Waals surface area contributed by atoms with Crippen LogP contribution in [-0.2, 0) is 9.53 Å². The molecular formula is C21H23N3O4S. The Bertz CT molecular complexity index is 911. The van der Waals surface area contributed by atoms with Gasteiger partial charge >= 0.3 is 5.97 Å². The van der Waals surface area contributed by atoms with E-state index in [1.165, 1.54) is 16.2 Å². The molecule has 0 spiro atoms. The zero-order valence-corrected chi connectivity index (χ0v) is 17.3. The third-order valence-corrected chi connectivity index (χ3v) is 6.17. The molecule has 29 heavy (non-hydrogen) atoms. The fourth-order valence-corrected chi connectivity index (χ4v) is 4.22. The third kappa shape index (κ3) is 4.57. The standard InChI is InChI=1S/C21H23N3O4S/c1-24(21(14-22)10-4-3-5-11-21)18(25)12-28-20(26)17-13-29-19(23-17)15-6-8-16(27-2)9-7-15/h6-9,13H,3-5,10-12H2,1-2H3. The van der Waals surface area contributed by atoms with Gasteiger partial charge in [0.05, 0.1) is 13.2 Å². The maximum atomic E-state index is 12.5. The molecule has 0 radical (unpaired) electrons. The van der Waals surface area contributed by atoms with Gasteiger partial charge in [-0.2, -0.15) is 5.26 Å². The monoisotopic (exact) mass is 413 g/mol. The largest absolute Gasteiger partial charge is 0.497 e. The molecule has 152 valence electrons. The summed E-state index contributed by atoms with van der Waals surface area (Å²) in [6.45, 7) is -0.409. The number of nitriles is 1. The van der Waals surface area contributed by atoms with Crippen molar-refractivity contribution in [2.75, 3.05) is 20.8 Å². The number of aromatic nitrogens is 1. The number of carbonyl (C=O) groups excluding carboxylic acids is 2. The molecule has 2 aromatic rings. The Labute approximate surface area is 173 Å². The first-order chi connectivity index (χ1) is 14.0. The quantitative estimate of drug-likeness (QED) is 0.671. The van der Waals surface area contributed by atoms with Crippen LogP contribution in [-0.4, -0.2) is 48.1 Å². The van der Waals surface area contributed by atoms with E-state index in [2.05, 4.69) is 11.1 Å². The predicted molar refractivity (Wildman–Crippen MR) is 109 cm³/mol. The van der Waals surface area contributed by atoms with Crippen LogP contribution in [0.15, 0.2) is 29.6 Å². The Kier molecular flexibility index (Phi) is 6.49. The molecule has 1 aliphatic rings. The van der Waals surface area contributed by atoms with E-state index in [4.69, 9.17) is 9.47 Å². The predicted octanol–water partition coefficient (Wildman–Crippen LogP) is 3.66. The maximum Gasteiger partial charge on any atom is 0.358 e. The average Bonchev–Trinajstić information content (AvgIpc) is 3.27. The van der Waals surface area contributed by atoms with Crippen LogP contribution in [0.25, 0.3) is 10.6 Å². The molecule has 7 nitrogen and oxygen atoms in total. The summed E-state index contributed by atoms with van der Waals surface area (Å²) >= 11 is 1.32. The number of ether oxygens (including phenoxy) is 2. The zero-order chi connectivity index (χ0) is 20.9. The van der Waals surface area contributed by atoms with Crippen LogP contribution in [0.3, 0.4) is 0 Å². The molecule has 0 aliphatic heterocycles. The topological polar surface area (TPSA) is 92.5 Å². The second kappa shape index (κ2) is 9.05. The Morgan fingerprint density at radius 3 is 2.55 bits per heavy atom. The second-order valence-electron chi connectivity index (χ2n) is 7.00. The van der Waals surface area contributed by atoms with Gasteiger partial charge in [0.25, 0.3) is 5.91 Å². The lowest BCUT2D eigenvalue weighted by Crippen LogP contribution is -2.51. The molecule has 0 bridgehead atoms. The van der Waals surface area contributed by atoms with Gasteiger partial charge in [-0.25, -0.2) is 9.78 Å². The van der Waals surface area contributed by atoms with E-state index >= 15 is 0 Å². The van der Waals surface area contributed by atoms with E-state index in [0.717, 1.165) is 30.6 Å². The summed E-state index contributed by atoms with van der Waals surface area (Å²) in [6.07, 6.45) is 4.20. The van der Waals surface area contributed by atoms with Crippen molar-refractivity contribution >= 4 is 23.2 Å². The van der Waals surface area contributed by atoms with Crippen molar-refractivity contribution in [1.82, 2.24) is 9.88 Å². The van der Waals surface area contributed by atoms with Gasteiger partial charge in [-0.3, -0.25) is 4.79 Å². The van der Waals surface area contributed by atoms with E-state index in [1.807, 2.05) is 24.3 Å². The number of benzene rings is 1. The molecule has 3 rings (SSSR count). The van der Waals surface area contributed by atoms with Crippen LogP contribution in [0, 0.1) is 11.3 Å². The molecule has 1 aromatic carbocycles. The minimum absolute atomic E-state index is 0.156. The molecule has 1 fully saturated rings. The van der Waals surface area contributed by atoms with E-state index in [1.54, 1.807) is 19.5 Å². The summed E-state index contributed by atoms with van der Waals surface area (Å²) in [7, 11) is 3.20. The fraction of sp³-hybridized carbons (Fsp3) is 0.429. The Hall–Kier alpha value is -2.92. The van der Waals surface area contributed by atoms with Crippen molar-refractivity contribution in [2.45, 2.75) is 37.6 Å². The highest BCUT2D eigenvalue weighted by atomic mass is 32.1. The first kappa shape index (κ1) is 20.8. The average molecular weight is 413 g/mol. The molecule has 0 unspecified atom stereocenters. The lowest BCUT2D eigenvalue weighted by Gasteiger charge is -2.38. The third-order valence-electron chi connectivity index (χ3n) is 5.28. The van der Waals surface area contributed by atoms with Crippen molar-refractivity contribution in [3.05, 3.63) is 35.3 Å². The van der Waals surface area contributed by atoms with Crippen molar-refractivity contribution in [3.8, 4) is 22.4 Å². The number of carbonyl (C=O) groups is 2. The molecule has 1 aliphatic carbocycles. The van der Waals surface area contributed by atoms with Gasteiger partial charge in [-0.05, 0) is 37.1 Å². The van der Waals surface area contributed by atoms with Crippen molar-refractivity contribution < 1.29 is 19.1 Å². The van der Waals surface area contributed by atoms with Gasteiger partial charge in [-0.1, -0.05) is 19.3 Å². The molecule has 0 N–H and O–H groups in total. The fourth-order valence-electron chi connectivity index (χ4n) is 3.43. The molecule has 1 aromatic heterocycles. The molecule has 1 heterocycles. The minimum atomic E-state index is -0.802.